The zero-order chi connectivity index (χ0) is 14.7. The van der Waals surface area contributed by atoms with Gasteiger partial charge < -0.3 is 10.1 Å². The summed E-state index contributed by atoms with van der Waals surface area (Å²) < 4.78 is 5.84. The average Bonchev–Trinajstić information content (AvgIpc) is 2.50. The highest BCUT2D eigenvalue weighted by molar-refractivity contribution is 6.33. The van der Waals surface area contributed by atoms with E-state index in [1.807, 2.05) is 18.2 Å². The van der Waals surface area contributed by atoms with Gasteiger partial charge >= 0.3 is 0 Å². The lowest BCUT2D eigenvalue weighted by atomic mass is 9.90. The summed E-state index contributed by atoms with van der Waals surface area (Å²) in [6.45, 7) is 1.97. The smallest absolute Gasteiger partial charge is 0.238 e. The number of fused-ring (bicyclic) bond motifs is 1. The van der Waals surface area contributed by atoms with Crippen LogP contribution in [-0.4, -0.2) is 42.6 Å². The monoisotopic (exact) mass is 308 g/mol. The second kappa shape index (κ2) is 6.77. The Bertz CT molecular complexity index is 507. The number of hydrogen-bond acceptors (Lipinski definition) is 3. The van der Waals surface area contributed by atoms with Crippen molar-refractivity contribution in [2.45, 2.75) is 37.8 Å². The number of para-hydroxylation sites is 1. The van der Waals surface area contributed by atoms with E-state index in [0.29, 0.717) is 29.4 Å². The average molecular weight is 309 g/mol. The van der Waals surface area contributed by atoms with Gasteiger partial charge in [0.1, 0.15) is 0 Å². The quantitative estimate of drug-likeness (QED) is 0.933. The summed E-state index contributed by atoms with van der Waals surface area (Å²) in [6, 6.07) is 7.72. The molecule has 1 heterocycles. The van der Waals surface area contributed by atoms with Crippen LogP contribution in [0.2, 0.25) is 5.02 Å². The predicted molar refractivity (Wildman–Crippen MR) is 83.7 cm³/mol. The number of nitrogens with one attached hydrogen (secondary N) is 1. The molecule has 1 N–H and O–H groups in total. The van der Waals surface area contributed by atoms with Gasteiger partial charge in [0.05, 0.1) is 30.0 Å². The molecule has 4 nitrogen and oxygen atoms in total. The first kappa shape index (κ1) is 14.8. The van der Waals surface area contributed by atoms with Crippen molar-refractivity contribution in [1.29, 1.82) is 0 Å². The molecule has 3 rings (SSSR count). The highest BCUT2D eigenvalue weighted by atomic mass is 35.5. The molecule has 1 aromatic rings. The number of halogens is 1. The number of rotatable bonds is 3. The van der Waals surface area contributed by atoms with E-state index in [9.17, 15) is 4.79 Å². The van der Waals surface area contributed by atoms with Crippen LogP contribution in [0.15, 0.2) is 24.3 Å². The van der Waals surface area contributed by atoms with Crippen molar-refractivity contribution in [3.8, 4) is 0 Å². The van der Waals surface area contributed by atoms with Gasteiger partial charge in [-0.15, -0.1) is 0 Å². The Morgan fingerprint density at radius 1 is 1.33 bits per heavy atom. The molecule has 1 amide bonds. The third-order valence-corrected chi connectivity index (χ3v) is 4.67. The van der Waals surface area contributed by atoms with Gasteiger partial charge in [-0.05, 0) is 25.0 Å². The fourth-order valence-electron chi connectivity index (χ4n) is 3.31. The fourth-order valence-corrected chi connectivity index (χ4v) is 3.49. The molecule has 1 aliphatic heterocycles. The summed E-state index contributed by atoms with van der Waals surface area (Å²) in [5.41, 5.74) is 0.678. The van der Waals surface area contributed by atoms with Crippen LogP contribution < -0.4 is 5.32 Å². The fraction of sp³-hybridized carbons (Fsp3) is 0.562. The van der Waals surface area contributed by atoms with Crippen molar-refractivity contribution in [3.63, 3.8) is 0 Å². The molecule has 1 aromatic carbocycles. The molecule has 0 spiro atoms. The molecule has 1 aliphatic carbocycles. The van der Waals surface area contributed by atoms with Gasteiger partial charge in [-0.2, -0.15) is 0 Å². The summed E-state index contributed by atoms with van der Waals surface area (Å²) in [6.07, 6.45) is 5.02. The number of amides is 1. The summed E-state index contributed by atoms with van der Waals surface area (Å²) in [5.74, 6) is -0.00526. The number of morpholine rings is 1. The minimum absolute atomic E-state index is 0.00526. The minimum atomic E-state index is -0.00526. The van der Waals surface area contributed by atoms with Crippen LogP contribution in [0.3, 0.4) is 0 Å². The molecule has 0 radical (unpaired) electrons. The van der Waals surface area contributed by atoms with Gasteiger partial charge in [0, 0.05) is 12.6 Å². The van der Waals surface area contributed by atoms with E-state index in [-0.39, 0.29) is 5.91 Å². The Balaban J connectivity index is 1.60. The normalized spacial score (nSPS) is 26.1. The maximum Gasteiger partial charge on any atom is 0.238 e. The van der Waals surface area contributed by atoms with E-state index in [1.54, 1.807) is 6.07 Å². The molecule has 1 saturated heterocycles. The molecular formula is C16H21ClN2O2. The number of ether oxygens (including phenoxy) is 1. The van der Waals surface area contributed by atoms with Crippen LogP contribution in [-0.2, 0) is 9.53 Å². The molecule has 2 atom stereocenters. The summed E-state index contributed by atoms with van der Waals surface area (Å²) >= 11 is 6.07. The second-order valence-electron chi connectivity index (χ2n) is 5.76. The lowest BCUT2D eigenvalue weighted by Gasteiger charge is -2.43. The van der Waals surface area contributed by atoms with Crippen LogP contribution in [0.4, 0.5) is 5.69 Å². The molecule has 0 bridgehead atoms. The zero-order valence-corrected chi connectivity index (χ0v) is 12.8. The van der Waals surface area contributed by atoms with Gasteiger partial charge in [0.25, 0.3) is 0 Å². The molecule has 5 heteroatoms. The molecule has 1 saturated carbocycles. The van der Waals surface area contributed by atoms with E-state index in [0.717, 1.165) is 26.0 Å². The summed E-state index contributed by atoms with van der Waals surface area (Å²) in [7, 11) is 0. The molecule has 114 valence electrons. The Morgan fingerprint density at radius 3 is 3.00 bits per heavy atom. The van der Waals surface area contributed by atoms with Crippen LogP contribution in [0, 0.1) is 0 Å². The third-order valence-electron chi connectivity index (χ3n) is 4.34. The second-order valence-corrected chi connectivity index (χ2v) is 6.17. The summed E-state index contributed by atoms with van der Waals surface area (Å²) in [4.78, 5) is 14.5. The van der Waals surface area contributed by atoms with Crippen molar-refractivity contribution < 1.29 is 9.53 Å². The Kier molecular flexibility index (Phi) is 4.78. The standard InChI is InChI=1S/C16H21ClN2O2/c17-12-5-1-2-6-13(12)18-16(20)11-19-9-10-21-15-8-4-3-7-14(15)19/h1-2,5-6,14-15H,3-4,7-11H2,(H,18,20)/t14-,15+/m1/s1. The molecule has 2 fully saturated rings. The highest BCUT2D eigenvalue weighted by Gasteiger charge is 2.34. The Labute approximate surface area is 130 Å². The highest BCUT2D eigenvalue weighted by Crippen LogP contribution is 2.28. The van der Waals surface area contributed by atoms with Crippen molar-refractivity contribution >= 4 is 23.2 Å². The van der Waals surface area contributed by atoms with Gasteiger partial charge in [-0.1, -0.05) is 36.6 Å². The van der Waals surface area contributed by atoms with Crippen LogP contribution in [0.5, 0.6) is 0 Å². The maximum atomic E-state index is 12.3. The minimum Gasteiger partial charge on any atom is -0.375 e. The van der Waals surface area contributed by atoms with Gasteiger partial charge in [-0.25, -0.2) is 0 Å². The zero-order valence-electron chi connectivity index (χ0n) is 12.1. The van der Waals surface area contributed by atoms with E-state index < -0.39 is 0 Å². The lowest BCUT2D eigenvalue weighted by Crippen LogP contribution is -2.54. The lowest BCUT2D eigenvalue weighted by molar-refractivity contribution is -0.124. The van der Waals surface area contributed by atoms with Gasteiger partial charge in [0.2, 0.25) is 5.91 Å². The van der Waals surface area contributed by atoms with E-state index in [4.69, 9.17) is 16.3 Å². The van der Waals surface area contributed by atoms with E-state index >= 15 is 0 Å². The number of anilines is 1. The first-order valence-electron chi connectivity index (χ1n) is 7.64. The van der Waals surface area contributed by atoms with Crippen molar-refractivity contribution in [2.75, 3.05) is 25.0 Å². The molecule has 21 heavy (non-hydrogen) atoms. The SMILES string of the molecule is O=C(CN1CCO[C@H]2CCCC[C@H]21)Nc1ccccc1Cl. The van der Waals surface area contributed by atoms with Crippen LogP contribution in [0.1, 0.15) is 25.7 Å². The molecule has 0 aromatic heterocycles. The topological polar surface area (TPSA) is 41.6 Å². The number of nitrogens with zero attached hydrogens (tertiary/aromatic N) is 1. The van der Waals surface area contributed by atoms with E-state index in [1.165, 1.54) is 12.8 Å². The van der Waals surface area contributed by atoms with E-state index in [2.05, 4.69) is 10.2 Å². The van der Waals surface area contributed by atoms with Gasteiger partial charge in [0.15, 0.2) is 0 Å². The molecule has 2 aliphatic rings. The molecule has 0 unspecified atom stereocenters. The summed E-state index contributed by atoms with van der Waals surface area (Å²) in [5, 5.41) is 3.47. The van der Waals surface area contributed by atoms with Crippen molar-refractivity contribution in [1.82, 2.24) is 4.90 Å². The predicted octanol–water partition coefficient (Wildman–Crippen LogP) is 2.92. The number of carbonyl (C=O) groups excluding carboxylic acids is 1. The number of carbonyl (C=O) groups is 1. The third kappa shape index (κ3) is 3.57. The maximum absolute atomic E-state index is 12.3. The van der Waals surface area contributed by atoms with Crippen LogP contribution >= 0.6 is 11.6 Å². The largest absolute Gasteiger partial charge is 0.375 e. The first-order chi connectivity index (χ1) is 10.2. The number of benzene rings is 1. The van der Waals surface area contributed by atoms with Gasteiger partial charge in [-0.3, -0.25) is 9.69 Å². The Morgan fingerprint density at radius 2 is 2.14 bits per heavy atom. The first-order valence-corrected chi connectivity index (χ1v) is 8.02. The molecular weight excluding hydrogens is 288 g/mol. The van der Waals surface area contributed by atoms with Crippen LogP contribution in [0.25, 0.3) is 0 Å². The van der Waals surface area contributed by atoms with Crippen molar-refractivity contribution in [3.05, 3.63) is 29.3 Å². The van der Waals surface area contributed by atoms with Crippen molar-refractivity contribution in [2.24, 2.45) is 0 Å². The number of hydrogen-bond donors (Lipinski definition) is 1. The Hall–Kier alpha value is -1.10.